The minimum Gasteiger partial charge on any atom is -0.497 e. The summed E-state index contributed by atoms with van der Waals surface area (Å²) in [4.78, 5) is 14.9. The highest BCUT2D eigenvalue weighted by Crippen LogP contribution is 2.19. The van der Waals surface area contributed by atoms with Gasteiger partial charge in [-0.15, -0.1) is 0 Å². The van der Waals surface area contributed by atoms with Crippen LogP contribution in [0, 0.1) is 0 Å². The Hall–Kier alpha value is -2.41. The largest absolute Gasteiger partial charge is 0.497 e. The number of hydrogen-bond acceptors (Lipinski definition) is 6. The molecule has 7 nitrogen and oxygen atoms in total. The van der Waals surface area contributed by atoms with Crippen LogP contribution >= 0.6 is 0 Å². The maximum Gasteiger partial charge on any atom is 0.320 e. The van der Waals surface area contributed by atoms with E-state index in [1.807, 2.05) is 12.1 Å². The fourth-order valence-corrected chi connectivity index (χ4v) is 1.51. The van der Waals surface area contributed by atoms with E-state index in [-0.39, 0.29) is 6.54 Å². The third-order valence-corrected chi connectivity index (χ3v) is 2.75. The van der Waals surface area contributed by atoms with Crippen molar-refractivity contribution in [2.45, 2.75) is 19.5 Å². The fraction of sp³-hybridized carbons (Fsp3) is 0.308. The highest BCUT2D eigenvalue weighted by molar-refractivity contribution is 5.72. The lowest BCUT2D eigenvalue weighted by atomic mass is 10.2. The zero-order valence-corrected chi connectivity index (χ0v) is 11.2. The van der Waals surface area contributed by atoms with Crippen LogP contribution in [0.4, 0.5) is 0 Å². The Labute approximate surface area is 115 Å². The number of carbonyl (C=O) groups is 1. The summed E-state index contributed by atoms with van der Waals surface area (Å²) in [7, 11) is 1.59. The monoisotopic (exact) mass is 277 g/mol. The number of nitrogens with one attached hydrogen (secondary N) is 1. The van der Waals surface area contributed by atoms with E-state index in [0.717, 1.165) is 11.3 Å². The smallest absolute Gasteiger partial charge is 0.320 e. The molecule has 7 heteroatoms. The van der Waals surface area contributed by atoms with Crippen molar-refractivity contribution in [3.05, 3.63) is 30.2 Å². The molecule has 0 radical (unpaired) electrons. The van der Waals surface area contributed by atoms with Crippen molar-refractivity contribution >= 4 is 5.97 Å². The molecule has 0 spiro atoms. The zero-order valence-electron chi connectivity index (χ0n) is 11.2. The van der Waals surface area contributed by atoms with Gasteiger partial charge in [-0.3, -0.25) is 10.1 Å². The molecule has 2 rings (SSSR count). The van der Waals surface area contributed by atoms with Crippen molar-refractivity contribution in [2.75, 3.05) is 7.11 Å². The van der Waals surface area contributed by atoms with Gasteiger partial charge in [0.2, 0.25) is 11.7 Å². The fourth-order valence-electron chi connectivity index (χ4n) is 1.51. The highest BCUT2D eigenvalue weighted by atomic mass is 16.5. The number of aromatic nitrogens is 2. The van der Waals surface area contributed by atoms with Gasteiger partial charge in [0, 0.05) is 5.56 Å². The Balaban J connectivity index is 2.02. The van der Waals surface area contributed by atoms with Crippen LogP contribution in [0.1, 0.15) is 12.8 Å². The summed E-state index contributed by atoms with van der Waals surface area (Å²) in [5.74, 6) is 0.602. The number of ether oxygens (including phenoxy) is 1. The number of nitrogens with zero attached hydrogens (tertiary/aromatic N) is 2. The van der Waals surface area contributed by atoms with Gasteiger partial charge < -0.3 is 14.4 Å². The highest BCUT2D eigenvalue weighted by Gasteiger charge is 2.13. The minimum atomic E-state index is -0.931. The van der Waals surface area contributed by atoms with E-state index in [2.05, 4.69) is 15.5 Å². The lowest BCUT2D eigenvalue weighted by Gasteiger charge is -2.05. The molecule has 106 valence electrons. The third kappa shape index (κ3) is 3.33. The molecule has 0 aliphatic carbocycles. The lowest BCUT2D eigenvalue weighted by molar-refractivity contribution is -0.139. The predicted octanol–water partition coefficient (Wildman–Crippen LogP) is 1.31. The zero-order chi connectivity index (χ0) is 14.5. The summed E-state index contributed by atoms with van der Waals surface area (Å²) >= 11 is 0. The second-order valence-electron chi connectivity index (χ2n) is 4.18. The first-order valence-electron chi connectivity index (χ1n) is 6.03. The van der Waals surface area contributed by atoms with E-state index in [1.165, 1.54) is 0 Å². The molecule has 1 unspecified atom stereocenters. The number of aliphatic carboxylic acids is 1. The average Bonchev–Trinajstić information content (AvgIpc) is 2.93. The Morgan fingerprint density at radius 2 is 2.15 bits per heavy atom. The first-order chi connectivity index (χ1) is 9.60. The number of hydrogen-bond donors (Lipinski definition) is 2. The standard InChI is InChI=1S/C13H15N3O4/c1-8(13(17)18)14-7-11-15-12(16-20-11)9-3-5-10(19-2)6-4-9/h3-6,8,14H,7H2,1-2H3,(H,17,18). The van der Waals surface area contributed by atoms with Gasteiger partial charge in [0.1, 0.15) is 11.8 Å². The lowest BCUT2D eigenvalue weighted by Crippen LogP contribution is -2.33. The molecule has 2 aromatic rings. The maximum atomic E-state index is 10.7. The SMILES string of the molecule is COc1ccc(-c2noc(CNC(C)C(=O)O)n2)cc1. The first kappa shape index (κ1) is 14.0. The molecule has 2 N–H and O–H groups in total. The van der Waals surface area contributed by atoms with Gasteiger partial charge in [0.25, 0.3) is 0 Å². The van der Waals surface area contributed by atoms with Crippen molar-refractivity contribution in [1.29, 1.82) is 0 Å². The van der Waals surface area contributed by atoms with Gasteiger partial charge in [-0.25, -0.2) is 0 Å². The van der Waals surface area contributed by atoms with Gasteiger partial charge in [0.05, 0.1) is 13.7 Å². The maximum absolute atomic E-state index is 10.7. The van der Waals surface area contributed by atoms with Crippen molar-refractivity contribution in [3.63, 3.8) is 0 Å². The van der Waals surface area contributed by atoms with Crippen molar-refractivity contribution in [2.24, 2.45) is 0 Å². The van der Waals surface area contributed by atoms with Crippen LogP contribution in [-0.4, -0.2) is 34.4 Å². The molecule has 20 heavy (non-hydrogen) atoms. The van der Waals surface area contributed by atoms with Gasteiger partial charge in [0.15, 0.2) is 0 Å². The third-order valence-electron chi connectivity index (χ3n) is 2.75. The van der Waals surface area contributed by atoms with Crippen LogP contribution in [0.2, 0.25) is 0 Å². The summed E-state index contributed by atoms with van der Waals surface area (Å²) in [5.41, 5.74) is 0.798. The molecule has 0 amide bonds. The van der Waals surface area contributed by atoms with Gasteiger partial charge in [-0.1, -0.05) is 5.16 Å². The van der Waals surface area contributed by atoms with Gasteiger partial charge in [-0.2, -0.15) is 4.98 Å². The molecular weight excluding hydrogens is 262 g/mol. The van der Waals surface area contributed by atoms with Crippen LogP contribution in [0.5, 0.6) is 5.75 Å². The van der Waals surface area contributed by atoms with Crippen molar-refractivity contribution in [3.8, 4) is 17.1 Å². The summed E-state index contributed by atoms with van der Waals surface area (Å²) < 4.78 is 10.1. The molecule has 0 aliphatic heterocycles. The van der Waals surface area contributed by atoms with Crippen molar-refractivity contribution < 1.29 is 19.2 Å². The topological polar surface area (TPSA) is 97.5 Å². The van der Waals surface area contributed by atoms with E-state index in [4.69, 9.17) is 14.4 Å². The van der Waals surface area contributed by atoms with Crippen LogP contribution < -0.4 is 10.1 Å². The van der Waals surface area contributed by atoms with E-state index < -0.39 is 12.0 Å². The molecule has 1 aromatic carbocycles. The second kappa shape index (κ2) is 6.16. The van der Waals surface area contributed by atoms with E-state index >= 15 is 0 Å². The Kier molecular flexibility index (Phi) is 4.31. The van der Waals surface area contributed by atoms with Crippen LogP contribution in [-0.2, 0) is 11.3 Å². The molecule has 0 bridgehead atoms. The molecule has 0 aliphatic rings. The second-order valence-corrected chi connectivity index (χ2v) is 4.18. The number of methoxy groups -OCH3 is 1. The van der Waals surface area contributed by atoms with E-state index in [0.29, 0.717) is 11.7 Å². The van der Waals surface area contributed by atoms with Crippen molar-refractivity contribution in [1.82, 2.24) is 15.5 Å². The number of carboxylic acid groups (broad SMARTS) is 1. The summed E-state index contributed by atoms with van der Waals surface area (Å²) in [5, 5.41) is 15.4. The van der Waals surface area contributed by atoms with Crippen LogP contribution in [0.25, 0.3) is 11.4 Å². The minimum absolute atomic E-state index is 0.205. The normalized spacial score (nSPS) is 12.1. The van der Waals surface area contributed by atoms with Gasteiger partial charge >= 0.3 is 5.97 Å². The number of carboxylic acids is 1. The molecule has 0 saturated carbocycles. The molecule has 0 fully saturated rings. The molecule has 1 atom stereocenters. The molecule has 1 heterocycles. The first-order valence-corrected chi connectivity index (χ1v) is 6.03. The van der Waals surface area contributed by atoms with Crippen LogP contribution in [0.15, 0.2) is 28.8 Å². The summed E-state index contributed by atoms with van der Waals surface area (Å²) in [6.45, 7) is 1.75. The molecule has 0 saturated heterocycles. The number of rotatable bonds is 6. The number of benzene rings is 1. The van der Waals surface area contributed by atoms with E-state index in [9.17, 15) is 4.79 Å². The van der Waals surface area contributed by atoms with Gasteiger partial charge in [-0.05, 0) is 31.2 Å². The quantitative estimate of drug-likeness (QED) is 0.821. The predicted molar refractivity (Wildman–Crippen MR) is 70.2 cm³/mol. The molecular formula is C13H15N3O4. The summed E-state index contributed by atoms with van der Waals surface area (Å²) in [6, 6.07) is 6.57. The average molecular weight is 277 g/mol. The Bertz CT molecular complexity index is 580. The molecule has 1 aromatic heterocycles. The Morgan fingerprint density at radius 3 is 2.75 bits per heavy atom. The van der Waals surface area contributed by atoms with Crippen LogP contribution in [0.3, 0.4) is 0 Å². The Morgan fingerprint density at radius 1 is 1.45 bits per heavy atom. The summed E-state index contributed by atoms with van der Waals surface area (Å²) in [6.07, 6.45) is 0. The van der Waals surface area contributed by atoms with E-state index in [1.54, 1.807) is 26.2 Å².